The number of benzene rings is 1. The van der Waals surface area contributed by atoms with Crippen LogP contribution >= 0.6 is 34.5 Å². The van der Waals surface area contributed by atoms with Crippen molar-refractivity contribution in [2.45, 2.75) is 76.0 Å². The summed E-state index contributed by atoms with van der Waals surface area (Å²) in [5.74, 6) is -4.02. The number of carboxylic acid groups (broad SMARTS) is 1. The molecule has 1 aromatic carbocycles. The molecule has 0 bridgehead atoms. The molecule has 45 heavy (non-hydrogen) atoms. The quantitative estimate of drug-likeness (QED) is 0.208. The highest BCUT2D eigenvalue weighted by Gasteiger charge is 2.42. The maximum absolute atomic E-state index is 14.2. The Morgan fingerprint density at radius 2 is 1.91 bits per heavy atom. The minimum atomic E-state index is -4.85. The molecule has 4 rings (SSSR count). The van der Waals surface area contributed by atoms with Crippen LogP contribution in [0, 0.1) is 5.41 Å². The second-order valence-electron chi connectivity index (χ2n) is 11.2. The molecule has 0 aliphatic carbocycles. The molecule has 0 radical (unpaired) electrons. The van der Waals surface area contributed by atoms with E-state index in [0.717, 1.165) is 17.4 Å². The van der Waals surface area contributed by atoms with Gasteiger partial charge in [0.1, 0.15) is 10.9 Å². The van der Waals surface area contributed by atoms with E-state index < -0.39 is 62.4 Å². The van der Waals surface area contributed by atoms with Crippen molar-refractivity contribution in [3.8, 4) is 21.3 Å². The van der Waals surface area contributed by atoms with Crippen molar-refractivity contribution in [2.24, 2.45) is 5.41 Å². The van der Waals surface area contributed by atoms with Crippen molar-refractivity contribution in [3.05, 3.63) is 33.8 Å². The van der Waals surface area contributed by atoms with Crippen LogP contribution in [0.3, 0.4) is 0 Å². The zero-order valence-electron chi connectivity index (χ0n) is 24.0. The predicted octanol–water partition coefficient (Wildman–Crippen LogP) is 6.67. The summed E-state index contributed by atoms with van der Waals surface area (Å²) in [7, 11) is -4.77. The topological polar surface area (TPSA) is 139 Å². The van der Waals surface area contributed by atoms with Gasteiger partial charge in [-0.3, -0.25) is 9.69 Å². The normalized spacial score (nSPS) is 17.0. The highest BCUT2D eigenvalue weighted by molar-refractivity contribution is 7.89. The van der Waals surface area contributed by atoms with Gasteiger partial charge in [0, 0.05) is 24.9 Å². The number of nitrogens with zero attached hydrogens (tertiary/aromatic N) is 4. The van der Waals surface area contributed by atoms with Crippen LogP contribution in [-0.2, 0) is 27.8 Å². The molecule has 0 spiro atoms. The lowest BCUT2D eigenvalue weighted by atomic mass is 9.90. The molecule has 0 amide bonds. The van der Waals surface area contributed by atoms with E-state index in [1.165, 1.54) is 31.7 Å². The zero-order valence-corrected chi connectivity index (χ0v) is 27.2. The SMILES string of the molecule is CCC(NS(=O)(=O)c1ccc(-c2sc(-c3noc(CC(C)(C)C(=O)O)n3)nc2CN2CCCC(F)(F)C2)c(Cl)c1Cl)C(F)(F)F. The van der Waals surface area contributed by atoms with Crippen molar-refractivity contribution in [3.63, 3.8) is 0 Å². The minimum absolute atomic E-state index is 0.0127. The number of piperidine rings is 1. The average Bonchev–Trinajstić information content (AvgIpc) is 3.54. The molecule has 1 saturated heterocycles. The van der Waals surface area contributed by atoms with Gasteiger partial charge >= 0.3 is 12.1 Å². The summed E-state index contributed by atoms with van der Waals surface area (Å²) in [6.45, 7) is 3.85. The fourth-order valence-corrected chi connectivity index (χ4v) is 7.83. The summed E-state index contributed by atoms with van der Waals surface area (Å²) in [6.07, 6.45) is -5.55. The van der Waals surface area contributed by atoms with Crippen molar-refractivity contribution in [2.75, 3.05) is 13.1 Å². The van der Waals surface area contributed by atoms with Gasteiger partial charge < -0.3 is 9.63 Å². The number of halogens is 7. The first-order valence-electron chi connectivity index (χ1n) is 13.5. The zero-order chi connectivity index (χ0) is 33.5. The summed E-state index contributed by atoms with van der Waals surface area (Å²) in [5.41, 5.74) is -0.831. The smallest absolute Gasteiger partial charge is 0.404 e. The molecule has 10 nitrogen and oxygen atoms in total. The number of likely N-dealkylation sites (tertiary alicyclic amines) is 1. The number of rotatable bonds is 11. The van der Waals surface area contributed by atoms with Gasteiger partial charge in [-0.2, -0.15) is 22.9 Å². The third-order valence-corrected chi connectivity index (χ3v) is 10.7. The minimum Gasteiger partial charge on any atom is -0.481 e. The highest BCUT2D eigenvalue weighted by Crippen LogP contribution is 2.44. The van der Waals surface area contributed by atoms with Crippen LogP contribution in [-0.4, -0.2) is 70.7 Å². The summed E-state index contributed by atoms with van der Waals surface area (Å²) >= 11 is 13.8. The first-order valence-corrected chi connectivity index (χ1v) is 16.5. The Morgan fingerprint density at radius 1 is 1.22 bits per heavy atom. The van der Waals surface area contributed by atoms with Crippen LogP contribution < -0.4 is 4.72 Å². The fraction of sp³-hybridized carbons (Fsp3) is 0.538. The lowest BCUT2D eigenvalue weighted by molar-refractivity contribution is -0.151. The van der Waals surface area contributed by atoms with Gasteiger partial charge in [-0.25, -0.2) is 22.2 Å². The van der Waals surface area contributed by atoms with Crippen LogP contribution in [0.25, 0.3) is 21.3 Å². The average molecular weight is 721 g/mol. The molecule has 1 atom stereocenters. The Hall–Kier alpha value is -2.44. The molecule has 3 heterocycles. The second kappa shape index (κ2) is 13.0. The maximum Gasteiger partial charge on any atom is 0.404 e. The largest absolute Gasteiger partial charge is 0.481 e. The van der Waals surface area contributed by atoms with Crippen LogP contribution in [0.2, 0.25) is 10.0 Å². The lowest BCUT2D eigenvalue weighted by Crippen LogP contribution is -2.44. The number of aromatic nitrogens is 3. The van der Waals surface area contributed by atoms with Crippen molar-refractivity contribution >= 4 is 50.5 Å². The third-order valence-electron chi connectivity index (χ3n) is 7.06. The summed E-state index contributed by atoms with van der Waals surface area (Å²) in [6, 6.07) is -0.135. The van der Waals surface area contributed by atoms with E-state index in [4.69, 9.17) is 27.7 Å². The number of carbonyl (C=O) groups is 1. The monoisotopic (exact) mass is 719 g/mol. The molecule has 2 N–H and O–H groups in total. The van der Waals surface area contributed by atoms with E-state index in [2.05, 4.69) is 15.1 Å². The van der Waals surface area contributed by atoms with Gasteiger partial charge in [-0.1, -0.05) is 41.3 Å². The Labute approximate surface area is 269 Å². The second-order valence-corrected chi connectivity index (χ2v) is 14.6. The summed E-state index contributed by atoms with van der Waals surface area (Å²) in [4.78, 5) is 21.4. The van der Waals surface area contributed by atoms with Crippen LogP contribution in [0.4, 0.5) is 22.0 Å². The molecule has 1 aliphatic heterocycles. The standard InChI is InChI=1S/C26H28Cl2F5N5O5S2/c1-4-16(26(31,32)33)37-45(41,42)15-7-6-13(18(27)19(15)28)20-14(11-38-9-5-8-25(29,30)12-38)34-22(44-20)21-35-17(43-36-21)10-24(2,3)23(39)40/h6-7,16,37H,4-5,8-12H2,1-3H3,(H,39,40). The molecule has 1 unspecified atom stereocenters. The number of sulfonamides is 1. The highest BCUT2D eigenvalue weighted by atomic mass is 35.5. The van der Waals surface area contributed by atoms with Crippen molar-refractivity contribution in [1.29, 1.82) is 0 Å². The molecule has 1 fully saturated rings. The maximum atomic E-state index is 14.2. The lowest BCUT2D eigenvalue weighted by Gasteiger charge is -2.32. The van der Waals surface area contributed by atoms with Crippen LogP contribution in [0.15, 0.2) is 21.6 Å². The molecule has 3 aromatic rings. The number of hydrogen-bond acceptors (Lipinski definition) is 9. The number of hydrogen-bond donors (Lipinski definition) is 2. The van der Waals surface area contributed by atoms with Crippen molar-refractivity contribution < 1.29 is 44.8 Å². The Kier molecular flexibility index (Phi) is 10.2. The number of carboxylic acids is 1. The molecule has 248 valence electrons. The van der Waals surface area contributed by atoms with Gasteiger partial charge in [-0.05, 0) is 39.3 Å². The molecule has 0 saturated carbocycles. The van der Waals surface area contributed by atoms with E-state index in [1.807, 2.05) is 0 Å². The molecule has 19 heteroatoms. The Balaban J connectivity index is 1.75. The molecular weight excluding hydrogens is 692 g/mol. The predicted molar refractivity (Wildman–Crippen MR) is 156 cm³/mol. The first kappa shape index (κ1) is 35.4. The van der Waals surface area contributed by atoms with E-state index in [-0.39, 0.29) is 58.8 Å². The van der Waals surface area contributed by atoms with Crippen LogP contribution in [0.1, 0.15) is 51.6 Å². The molecule has 2 aromatic heterocycles. The van der Waals surface area contributed by atoms with Crippen LogP contribution in [0.5, 0.6) is 0 Å². The first-order chi connectivity index (χ1) is 20.7. The summed E-state index contributed by atoms with van der Waals surface area (Å²) < 4.78 is 101. The number of alkyl halides is 5. The number of aliphatic carboxylic acids is 1. The van der Waals surface area contributed by atoms with E-state index >= 15 is 0 Å². The number of thiazole rings is 1. The van der Waals surface area contributed by atoms with Gasteiger partial charge in [0.2, 0.25) is 21.7 Å². The fourth-order valence-electron chi connectivity index (χ4n) is 4.57. The Morgan fingerprint density at radius 3 is 2.51 bits per heavy atom. The van der Waals surface area contributed by atoms with Crippen molar-refractivity contribution in [1.82, 2.24) is 24.7 Å². The summed E-state index contributed by atoms with van der Waals surface area (Å²) in [5, 5.41) is 12.6. The number of nitrogens with one attached hydrogen (secondary N) is 1. The van der Waals surface area contributed by atoms with Gasteiger partial charge in [-0.15, -0.1) is 11.3 Å². The van der Waals surface area contributed by atoms with Gasteiger partial charge in [0.05, 0.1) is 32.6 Å². The van der Waals surface area contributed by atoms with E-state index in [9.17, 15) is 40.3 Å². The third kappa shape index (κ3) is 8.11. The van der Waals surface area contributed by atoms with E-state index in [1.54, 1.807) is 4.72 Å². The Bertz CT molecular complexity index is 1680. The van der Waals surface area contributed by atoms with E-state index in [0.29, 0.717) is 11.4 Å². The molecule has 1 aliphatic rings. The van der Waals surface area contributed by atoms with Gasteiger partial charge in [0.15, 0.2) is 5.01 Å². The van der Waals surface area contributed by atoms with Gasteiger partial charge in [0.25, 0.3) is 5.92 Å². The molecular formula is C26H28Cl2F5N5O5S2.